The lowest BCUT2D eigenvalue weighted by Crippen LogP contribution is -2.32. The second-order valence-electron chi connectivity index (χ2n) is 5.06. The van der Waals surface area contributed by atoms with E-state index in [1.807, 2.05) is 17.8 Å². The molecule has 1 aromatic rings. The van der Waals surface area contributed by atoms with Gasteiger partial charge >= 0.3 is 0 Å². The van der Waals surface area contributed by atoms with E-state index in [0.717, 1.165) is 12.8 Å². The predicted molar refractivity (Wildman–Crippen MR) is 70.9 cm³/mol. The molecule has 1 aromatic carbocycles. The van der Waals surface area contributed by atoms with Crippen molar-refractivity contribution >= 4 is 17.7 Å². The minimum Gasteiger partial charge on any atom is -0.349 e. The van der Waals surface area contributed by atoms with Crippen LogP contribution in [-0.2, 0) is 4.79 Å². The fraction of sp³-hybridized carbons (Fsp3) is 0.500. The Bertz CT molecular complexity index is 411. The first-order valence-corrected chi connectivity index (χ1v) is 7.38. The van der Waals surface area contributed by atoms with Gasteiger partial charge in [0.2, 0.25) is 5.91 Å². The van der Waals surface area contributed by atoms with E-state index in [1.54, 1.807) is 0 Å². The van der Waals surface area contributed by atoms with Crippen LogP contribution in [0.25, 0.3) is 0 Å². The average Bonchev–Trinajstić information content (AvgIpc) is 2.68. The van der Waals surface area contributed by atoms with Gasteiger partial charge in [0.05, 0.1) is 6.04 Å². The van der Waals surface area contributed by atoms with E-state index >= 15 is 0 Å². The summed E-state index contributed by atoms with van der Waals surface area (Å²) in [6, 6.07) is 10.7. The van der Waals surface area contributed by atoms with Crippen LogP contribution in [0.1, 0.15) is 30.9 Å². The summed E-state index contributed by atoms with van der Waals surface area (Å²) in [6.45, 7) is 0. The van der Waals surface area contributed by atoms with Gasteiger partial charge in [0.1, 0.15) is 0 Å². The van der Waals surface area contributed by atoms with E-state index in [4.69, 9.17) is 0 Å². The van der Waals surface area contributed by atoms with Crippen molar-refractivity contribution < 1.29 is 4.79 Å². The molecule has 1 N–H and O–H groups in total. The third-order valence-corrected chi connectivity index (χ3v) is 5.04. The molecular weight excluding hydrogens is 230 g/mol. The van der Waals surface area contributed by atoms with E-state index in [-0.39, 0.29) is 17.4 Å². The highest BCUT2D eigenvalue weighted by atomic mass is 32.2. The van der Waals surface area contributed by atoms with Gasteiger partial charge in [-0.1, -0.05) is 30.3 Å². The summed E-state index contributed by atoms with van der Waals surface area (Å²) in [5, 5.41) is 3.18. The van der Waals surface area contributed by atoms with Crippen LogP contribution in [-0.4, -0.2) is 17.4 Å². The zero-order valence-electron chi connectivity index (χ0n) is 9.82. The number of benzene rings is 1. The lowest BCUT2D eigenvalue weighted by Gasteiger charge is -2.37. The van der Waals surface area contributed by atoms with Crippen molar-refractivity contribution in [3.05, 3.63) is 35.9 Å². The Hall–Kier alpha value is -0.960. The van der Waals surface area contributed by atoms with E-state index in [2.05, 4.69) is 29.6 Å². The first-order chi connectivity index (χ1) is 8.30. The van der Waals surface area contributed by atoms with Gasteiger partial charge in [0, 0.05) is 11.8 Å². The molecule has 1 unspecified atom stereocenters. The summed E-state index contributed by atoms with van der Waals surface area (Å²) in [4.78, 5) is 11.8. The van der Waals surface area contributed by atoms with Gasteiger partial charge in [-0.25, -0.2) is 0 Å². The number of amides is 1. The van der Waals surface area contributed by atoms with Crippen molar-refractivity contribution in [3.63, 3.8) is 0 Å². The van der Waals surface area contributed by atoms with Crippen molar-refractivity contribution in [1.29, 1.82) is 0 Å². The first kappa shape index (κ1) is 11.1. The Kier molecular flexibility index (Phi) is 2.87. The van der Waals surface area contributed by atoms with Crippen molar-refractivity contribution in [3.8, 4) is 0 Å². The van der Waals surface area contributed by atoms with Crippen molar-refractivity contribution in [2.45, 2.75) is 25.3 Å². The number of carbonyl (C=O) groups excluding carboxylic acids is 1. The summed E-state index contributed by atoms with van der Waals surface area (Å²) in [5.41, 5.74) is 1.45. The molecule has 2 fully saturated rings. The van der Waals surface area contributed by atoms with Gasteiger partial charge in [-0.05, 0) is 29.9 Å². The zero-order chi connectivity index (χ0) is 11.7. The fourth-order valence-corrected chi connectivity index (χ4v) is 4.42. The van der Waals surface area contributed by atoms with Crippen molar-refractivity contribution in [1.82, 2.24) is 5.32 Å². The van der Waals surface area contributed by atoms with E-state index < -0.39 is 0 Å². The molecule has 0 aromatic heterocycles. The third-order valence-electron chi connectivity index (χ3n) is 4.05. The Morgan fingerprint density at radius 3 is 2.59 bits per heavy atom. The second-order valence-corrected chi connectivity index (χ2v) is 6.29. The van der Waals surface area contributed by atoms with Crippen LogP contribution < -0.4 is 5.32 Å². The quantitative estimate of drug-likeness (QED) is 0.826. The van der Waals surface area contributed by atoms with Crippen molar-refractivity contribution in [2.24, 2.45) is 5.41 Å². The molecule has 3 rings (SSSR count). The van der Waals surface area contributed by atoms with Crippen LogP contribution in [0.3, 0.4) is 0 Å². The number of rotatable bonds is 1. The lowest BCUT2D eigenvalue weighted by atomic mass is 9.73. The Labute approximate surface area is 106 Å². The zero-order valence-corrected chi connectivity index (χ0v) is 10.6. The topological polar surface area (TPSA) is 29.1 Å². The highest BCUT2D eigenvalue weighted by molar-refractivity contribution is 7.99. The molecular formula is C14H17NOS. The predicted octanol–water partition coefficient (Wildman–Crippen LogP) is 2.76. The second kappa shape index (κ2) is 4.37. The largest absolute Gasteiger partial charge is 0.349 e. The number of hydrogen-bond donors (Lipinski definition) is 1. The van der Waals surface area contributed by atoms with Gasteiger partial charge in [-0.2, -0.15) is 11.8 Å². The number of nitrogens with one attached hydrogen (secondary N) is 1. The van der Waals surface area contributed by atoms with Gasteiger partial charge in [0.25, 0.3) is 0 Å². The van der Waals surface area contributed by atoms with Crippen LogP contribution >= 0.6 is 11.8 Å². The molecule has 1 atom stereocenters. The Morgan fingerprint density at radius 1 is 1.18 bits per heavy atom. The maximum atomic E-state index is 11.8. The highest BCUT2D eigenvalue weighted by Crippen LogP contribution is 2.50. The Balaban J connectivity index is 1.94. The smallest absolute Gasteiger partial charge is 0.221 e. The molecule has 1 spiro atoms. The summed E-state index contributed by atoms with van der Waals surface area (Å²) in [6.07, 6.45) is 3.04. The Morgan fingerprint density at radius 2 is 1.88 bits per heavy atom. The summed E-state index contributed by atoms with van der Waals surface area (Å²) >= 11 is 2.02. The molecule has 0 radical (unpaired) electrons. The first-order valence-electron chi connectivity index (χ1n) is 6.22. The maximum Gasteiger partial charge on any atom is 0.221 e. The molecule has 90 valence electrons. The van der Waals surface area contributed by atoms with E-state index in [1.165, 1.54) is 17.1 Å². The van der Waals surface area contributed by atoms with Crippen molar-refractivity contribution in [2.75, 3.05) is 11.5 Å². The third kappa shape index (κ3) is 1.97. The molecule has 2 heterocycles. The molecule has 0 bridgehead atoms. The molecule has 2 aliphatic heterocycles. The average molecular weight is 247 g/mol. The molecule has 2 saturated heterocycles. The minimum atomic E-state index is 0.184. The summed E-state index contributed by atoms with van der Waals surface area (Å²) < 4.78 is 0. The molecule has 17 heavy (non-hydrogen) atoms. The van der Waals surface area contributed by atoms with E-state index in [9.17, 15) is 4.79 Å². The van der Waals surface area contributed by atoms with Gasteiger partial charge in [-0.3, -0.25) is 4.79 Å². The minimum absolute atomic E-state index is 0.184. The SMILES string of the molecule is O=C1CC2(CCSCC2)C(c2ccccc2)N1. The number of thioether (sulfide) groups is 1. The van der Waals surface area contributed by atoms with Crippen LogP contribution in [0.2, 0.25) is 0 Å². The molecule has 2 nitrogen and oxygen atoms in total. The monoisotopic (exact) mass is 247 g/mol. The van der Waals surface area contributed by atoms with Gasteiger partial charge in [-0.15, -0.1) is 0 Å². The highest BCUT2D eigenvalue weighted by Gasteiger charge is 2.47. The van der Waals surface area contributed by atoms with Crippen LogP contribution in [0.4, 0.5) is 0 Å². The molecule has 0 aliphatic carbocycles. The van der Waals surface area contributed by atoms with Gasteiger partial charge < -0.3 is 5.32 Å². The van der Waals surface area contributed by atoms with Crippen LogP contribution in [0, 0.1) is 5.41 Å². The van der Waals surface area contributed by atoms with Gasteiger partial charge in [0.15, 0.2) is 0 Å². The molecule has 3 heteroatoms. The lowest BCUT2D eigenvalue weighted by molar-refractivity contribution is -0.119. The fourth-order valence-electron chi connectivity index (χ4n) is 3.11. The maximum absolute atomic E-state index is 11.8. The summed E-state index contributed by atoms with van der Waals surface area (Å²) in [5.74, 6) is 2.61. The molecule has 2 aliphatic rings. The number of carbonyl (C=O) groups is 1. The summed E-state index contributed by atoms with van der Waals surface area (Å²) in [7, 11) is 0. The molecule has 1 amide bonds. The molecule has 0 saturated carbocycles. The number of hydrogen-bond acceptors (Lipinski definition) is 2. The van der Waals surface area contributed by atoms with Crippen LogP contribution in [0.15, 0.2) is 30.3 Å². The van der Waals surface area contributed by atoms with Crippen LogP contribution in [0.5, 0.6) is 0 Å². The van der Waals surface area contributed by atoms with E-state index in [0.29, 0.717) is 6.42 Å². The normalized spacial score (nSPS) is 27.1. The standard InChI is InChI=1S/C14H17NOS/c16-12-10-14(6-8-17-9-7-14)13(15-12)11-4-2-1-3-5-11/h1-5,13H,6-10H2,(H,15,16).